The first kappa shape index (κ1) is 28.3. The molecule has 10 heteroatoms. The summed E-state index contributed by atoms with van der Waals surface area (Å²) in [5.41, 5.74) is 4.90. The third kappa shape index (κ3) is 5.19. The van der Waals surface area contributed by atoms with E-state index in [0.717, 1.165) is 67.5 Å². The minimum Gasteiger partial charge on any atom is -0.494 e. The van der Waals surface area contributed by atoms with Crippen molar-refractivity contribution < 1.29 is 28.8 Å². The van der Waals surface area contributed by atoms with E-state index in [1.807, 2.05) is 25.3 Å². The first-order valence-electron chi connectivity index (χ1n) is 16.0. The molecule has 2 atom stereocenters. The number of piperidine rings is 1. The summed E-state index contributed by atoms with van der Waals surface area (Å²) >= 11 is 0. The van der Waals surface area contributed by atoms with Gasteiger partial charge in [0.1, 0.15) is 22.8 Å². The highest BCUT2D eigenvalue weighted by atomic mass is 16.7. The highest BCUT2D eigenvalue weighted by Crippen LogP contribution is 2.49. The highest BCUT2D eigenvalue weighted by Gasteiger charge is 2.42. The average Bonchev–Trinajstić information content (AvgIpc) is 3.74. The molecule has 1 N–H and O–H groups in total. The lowest BCUT2D eigenvalue weighted by Crippen LogP contribution is -2.35. The van der Waals surface area contributed by atoms with Crippen molar-refractivity contribution in [2.75, 3.05) is 26.8 Å². The van der Waals surface area contributed by atoms with Crippen molar-refractivity contribution in [1.82, 2.24) is 19.4 Å². The second kappa shape index (κ2) is 11.0. The third-order valence-corrected chi connectivity index (χ3v) is 9.85. The summed E-state index contributed by atoms with van der Waals surface area (Å²) in [4.78, 5) is 24.0. The van der Waals surface area contributed by atoms with Gasteiger partial charge < -0.3 is 28.6 Å². The van der Waals surface area contributed by atoms with E-state index in [2.05, 4.69) is 27.7 Å². The maximum Gasteiger partial charge on any atom is 0.335 e. The number of rotatable bonds is 9. The summed E-state index contributed by atoms with van der Waals surface area (Å²) < 4.78 is 26.4. The molecule has 2 saturated heterocycles. The van der Waals surface area contributed by atoms with Crippen LogP contribution in [0.25, 0.3) is 11.0 Å². The normalized spacial score (nSPS) is 23.3. The van der Waals surface area contributed by atoms with Crippen molar-refractivity contribution in [2.45, 2.75) is 75.8 Å². The van der Waals surface area contributed by atoms with Crippen LogP contribution in [-0.2, 0) is 23.6 Å². The Morgan fingerprint density at radius 1 is 1.07 bits per heavy atom. The molecule has 4 aromatic rings. The van der Waals surface area contributed by atoms with Crippen LogP contribution in [0.15, 0.2) is 48.7 Å². The second-order valence-corrected chi connectivity index (χ2v) is 12.9. The lowest BCUT2D eigenvalue weighted by Gasteiger charge is -2.33. The maximum atomic E-state index is 11.9. The Hall–Kier alpha value is -4.15. The lowest BCUT2D eigenvalue weighted by molar-refractivity contribution is -0.0722. The molecule has 0 amide bonds. The van der Waals surface area contributed by atoms with Crippen molar-refractivity contribution in [3.63, 3.8) is 0 Å². The zero-order chi connectivity index (χ0) is 30.7. The topological polar surface area (TPSA) is 108 Å². The summed E-state index contributed by atoms with van der Waals surface area (Å²) in [6.07, 6.45) is 7.50. The van der Waals surface area contributed by atoms with Gasteiger partial charge in [0.25, 0.3) is 5.79 Å². The molecular weight excluding hydrogens is 572 g/mol. The second-order valence-electron chi connectivity index (χ2n) is 12.9. The van der Waals surface area contributed by atoms with E-state index in [-0.39, 0.29) is 11.7 Å². The number of fused-ring (bicyclic) bond motifs is 2. The molecule has 2 aromatic heterocycles. The molecule has 8 rings (SSSR count). The summed E-state index contributed by atoms with van der Waals surface area (Å²) in [6.45, 7) is 5.80. The number of carbonyl (C=O) groups is 1. The average molecular weight is 611 g/mol. The van der Waals surface area contributed by atoms with Crippen molar-refractivity contribution >= 4 is 17.0 Å². The number of likely N-dealkylation sites (tertiary alicyclic amines) is 1. The first-order chi connectivity index (χ1) is 21.9. The summed E-state index contributed by atoms with van der Waals surface area (Å²) in [6, 6.07) is 13.7. The van der Waals surface area contributed by atoms with Crippen molar-refractivity contribution in [3.8, 4) is 17.2 Å². The standard InChI is InChI=1S/C35H38N4O6/c1-35(30-9-8-23(18-36-30)21-6-7-21)44-28-5-3-4-26(33(28)45-35)22-10-13-38(14-11-22)20-31-37-32-27(39(31)19-25-12-15-43-25)16-24(34(40)41)17-29(32)42-2/h3-5,8-9,16-18,21-22,25H,6-7,10-15,19-20H2,1-2H3,(H,40,41)/t25-,35-/m0/s1. The van der Waals surface area contributed by atoms with Crippen LogP contribution in [0.4, 0.5) is 0 Å². The van der Waals surface area contributed by atoms with Gasteiger partial charge in [0, 0.05) is 25.3 Å². The van der Waals surface area contributed by atoms with E-state index in [1.54, 1.807) is 19.2 Å². The molecule has 0 unspecified atom stereocenters. The van der Waals surface area contributed by atoms with E-state index in [1.165, 1.54) is 24.0 Å². The van der Waals surface area contributed by atoms with Gasteiger partial charge in [-0.2, -0.15) is 0 Å². The largest absolute Gasteiger partial charge is 0.494 e. The van der Waals surface area contributed by atoms with Gasteiger partial charge in [-0.05, 0) is 86.9 Å². The molecule has 10 nitrogen and oxygen atoms in total. The fraction of sp³-hybridized carbons (Fsp3) is 0.457. The van der Waals surface area contributed by atoms with E-state index in [9.17, 15) is 9.90 Å². The molecule has 3 aliphatic heterocycles. The Balaban J connectivity index is 0.994. The van der Waals surface area contributed by atoms with Crippen LogP contribution >= 0.6 is 0 Å². The van der Waals surface area contributed by atoms with Crippen LogP contribution in [0.3, 0.4) is 0 Å². The SMILES string of the molecule is COc1cc(C(=O)O)cc2c1nc(CN1CCC(c3cccc4c3O[C@@](C)(c3ccc(C5CC5)cn3)O4)CC1)n2C[C@@H]1CCO1. The Morgan fingerprint density at radius 2 is 1.89 bits per heavy atom. The number of ether oxygens (including phenoxy) is 4. The van der Waals surface area contributed by atoms with Crippen LogP contribution in [0.1, 0.15) is 83.9 Å². The molecule has 4 aliphatic rings. The Kier molecular flexibility index (Phi) is 6.94. The van der Waals surface area contributed by atoms with Crippen molar-refractivity contribution in [3.05, 3.63) is 76.9 Å². The minimum absolute atomic E-state index is 0.103. The summed E-state index contributed by atoms with van der Waals surface area (Å²) in [5, 5.41) is 9.72. The van der Waals surface area contributed by atoms with Crippen LogP contribution in [-0.4, -0.2) is 63.4 Å². The van der Waals surface area contributed by atoms with Crippen LogP contribution in [0.2, 0.25) is 0 Å². The van der Waals surface area contributed by atoms with Crippen LogP contribution < -0.4 is 14.2 Å². The van der Waals surface area contributed by atoms with E-state index in [4.69, 9.17) is 28.9 Å². The molecule has 0 radical (unpaired) electrons. The monoisotopic (exact) mass is 610 g/mol. The smallest absolute Gasteiger partial charge is 0.335 e. The Labute approximate surface area is 261 Å². The Bertz CT molecular complexity index is 1750. The van der Waals surface area contributed by atoms with Gasteiger partial charge in [-0.25, -0.2) is 9.78 Å². The van der Waals surface area contributed by atoms with E-state index < -0.39 is 11.8 Å². The fourth-order valence-electron chi connectivity index (χ4n) is 6.98. The highest BCUT2D eigenvalue weighted by molar-refractivity contribution is 5.95. The van der Waals surface area contributed by atoms with Gasteiger partial charge in [-0.1, -0.05) is 18.2 Å². The molecular formula is C35H38N4O6. The number of benzene rings is 2. The molecule has 0 bridgehead atoms. The molecule has 234 valence electrons. The molecule has 0 spiro atoms. The molecule has 5 heterocycles. The molecule has 1 aliphatic carbocycles. The third-order valence-electron chi connectivity index (χ3n) is 9.85. The minimum atomic E-state index is -0.990. The molecule has 3 fully saturated rings. The number of hydrogen-bond acceptors (Lipinski definition) is 8. The summed E-state index contributed by atoms with van der Waals surface area (Å²) in [7, 11) is 1.55. The zero-order valence-electron chi connectivity index (χ0n) is 25.7. The van der Waals surface area contributed by atoms with E-state index >= 15 is 0 Å². The van der Waals surface area contributed by atoms with Gasteiger partial charge in [-0.3, -0.25) is 9.88 Å². The number of para-hydroxylation sites is 1. The number of aromatic nitrogens is 3. The number of aromatic carboxylic acids is 1. The van der Waals surface area contributed by atoms with E-state index in [0.29, 0.717) is 36.2 Å². The molecule has 2 aromatic carbocycles. The van der Waals surface area contributed by atoms with Crippen molar-refractivity contribution in [1.29, 1.82) is 0 Å². The van der Waals surface area contributed by atoms with Gasteiger partial charge in [0.05, 0.1) is 37.4 Å². The molecule has 1 saturated carbocycles. The quantitative estimate of drug-likeness (QED) is 0.251. The Morgan fingerprint density at radius 3 is 2.56 bits per heavy atom. The van der Waals surface area contributed by atoms with Crippen LogP contribution in [0.5, 0.6) is 17.2 Å². The number of methoxy groups -OCH3 is 1. The predicted molar refractivity (Wildman–Crippen MR) is 166 cm³/mol. The first-order valence-corrected chi connectivity index (χ1v) is 16.0. The number of pyridine rings is 1. The maximum absolute atomic E-state index is 11.9. The van der Waals surface area contributed by atoms with Gasteiger partial charge in [0.2, 0.25) is 0 Å². The number of carboxylic acids is 1. The number of hydrogen-bond donors (Lipinski definition) is 1. The van der Waals surface area contributed by atoms with Gasteiger partial charge in [-0.15, -0.1) is 0 Å². The predicted octanol–water partition coefficient (Wildman–Crippen LogP) is 5.83. The van der Waals surface area contributed by atoms with Crippen molar-refractivity contribution in [2.24, 2.45) is 0 Å². The van der Waals surface area contributed by atoms with Crippen LogP contribution in [0, 0.1) is 0 Å². The summed E-state index contributed by atoms with van der Waals surface area (Å²) in [5.74, 6) is 2.02. The number of nitrogens with zero attached hydrogens (tertiary/aromatic N) is 4. The van der Waals surface area contributed by atoms with Gasteiger partial charge in [0.15, 0.2) is 11.5 Å². The zero-order valence-corrected chi connectivity index (χ0v) is 25.7. The fourth-order valence-corrected chi connectivity index (χ4v) is 6.98. The lowest BCUT2D eigenvalue weighted by atomic mass is 9.88. The van der Waals surface area contributed by atoms with Gasteiger partial charge >= 0.3 is 5.97 Å². The molecule has 45 heavy (non-hydrogen) atoms. The number of carboxylic acid groups (broad SMARTS) is 1. The number of imidazole rings is 1.